The highest BCUT2D eigenvalue weighted by Gasteiger charge is 2.39. The molecule has 0 bridgehead atoms. The van der Waals surface area contributed by atoms with Crippen LogP contribution in [-0.4, -0.2) is 18.5 Å². The average Bonchev–Trinajstić information content (AvgIpc) is 2.51. The molecule has 0 unspecified atom stereocenters. The Labute approximate surface area is 132 Å². The molecule has 0 aliphatic heterocycles. The number of hydrogen-bond acceptors (Lipinski definition) is 4. The van der Waals surface area contributed by atoms with Gasteiger partial charge in [0, 0.05) is 0 Å². The van der Waals surface area contributed by atoms with Gasteiger partial charge in [0.25, 0.3) is 0 Å². The van der Waals surface area contributed by atoms with Crippen molar-refractivity contribution in [3.63, 3.8) is 0 Å². The molecule has 0 spiro atoms. The molecular weight excluding hydrogens is 280 g/mol. The topological polar surface area (TPSA) is 52.6 Å². The fraction of sp³-hybridized carbons (Fsp3) is 0.556. The summed E-state index contributed by atoms with van der Waals surface area (Å²) >= 11 is 0. The molecule has 0 aliphatic rings. The second kappa shape index (κ2) is 8.57. The van der Waals surface area contributed by atoms with E-state index in [-0.39, 0.29) is 0 Å². The van der Waals surface area contributed by atoms with Crippen LogP contribution in [0.5, 0.6) is 5.75 Å². The second-order valence-corrected chi connectivity index (χ2v) is 5.86. The number of carbonyl (C=O) groups excluding carboxylic acids is 2. The summed E-state index contributed by atoms with van der Waals surface area (Å²) in [5, 5.41) is 0. The van der Waals surface area contributed by atoms with Crippen LogP contribution in [0.2, 0.25) is 0 Å². The highest BCUT2D eigenvalue weighted by molar-refractivity contribution is 5.99. The molecule has 0 amide bonds. The standard InChI is InChI=1S/C18H26O4/c1-5-7-8-12-21-16(19)18(3,4)17(20)22-15-11-9-10-14(6-2)13-15/h9-11,13H,5-8,12H2,1-4H3. The zero-order valence-electron chi connectivity index (χ0n) is 14.0. The van der Waals surface area contributed by atoms with Crippen LogP contribution < -0.4 is 4.74 Å². The van der Waals surface area contributed by atoms with Gasteiger partial charge in [-0.15, -0.1) is 0 Å². The third-order valence-corrected chi connectivity index (χ3v) is 3.52. The molecule has 0 saturated carbocycles. The molecule has 4 nitrogen and oxygen atoms in total. The van der Waals surface area contributed by atoms with E-state index in [0.29, 0.717) is 12.4 Å². The minimum absolute atomic E-state index is 0.342. The average molecular weight is 306 g/mol. The normalized spacial score (nSPS) is 11.1. The summed E-state index contributed by atoms with van der Waals surface area (Å²) < 4.78 is 10.5. The van der Waals surface area contributed by atoms with Crippen molar-refractivity contribution in [3.05, 3.63) is 29.8 Å². The van der Waals surface area contributed by atoms with E-state index in [1.807, 2.05) is 19.1 Å². The third-order valence-electron chi connectivity index (χ3n) is 3.52. The zero-order valence-corrected chi connectivity index (χ0v) is 14.0. The van der Waals surface area contributed by atoms with Gasteiger partial charge in [0.05, 0.1) is 6.61 Å². The van der Waals surface area contributed by atoms with E-state index < -0.39 is 17.4 Å². The molecule has 122 valence electrons. The van der Waals surface area contributed by atoms with Gasteiger partial charge in [0.2, 0.25) is 0 Å². The van der Waals surface area contributed by atoms with Crippen LogP contribution >= 0.6 is 0 Å². The van der Waals surface area contributed by atoms with Crippen LogP contribution in [0.4, 0.5) is 0 Å². The van der Waals surface area contributed by atoms with Crippen LogP contribution in [0.15, 0.2) is 24.3 Å². The number of ether oxygens (including phenoxy) is 2. The lowest BCUT2D eigenvalue weighted by atomic mass is 9.94. The van der Waals surface area contributed by atoms with Crippen LogP contribution in [0, 0.1) is 5.41 Å². The van der Waals surface area contributed by atoms with Crippen molar-refractivity contribution in [1.29, 1.82) is 0 Å². The summed E-state index contributed by atoms with van der Waals surface area (Å²) in [7, 11) is 0. The van der Waals surface area contributed by atoms with Crippen molar-refractivity contribution in [1.82, 2.24) is 0 Å². The number of aryl methyl sites for hydroxylation is 1. The van der Waals surface area contributed by atoms with Crippen molar-refractivity contribution in [2.24, 2.45) is 5.41 Å². The Kier molecular flexibility index (Phi) is 7.09. The van der Waals surface area contributed by atoms with Crippen molar-refractivity contribution in [3.8, 4) is 5.75 Å². The first-order valence-electron chi connectivity index (χ1n) is 7.90. The fourth-order valence-electron chi connectivity index (χ4n) is 1.84. The molecule has 1 aromatic rings. The Morgan fingerprint density at radius 2 is 1.82 bits per heavy atom. The van der Waals surface area contributed by atoms with Gasteiger partial charge in [-0.25, -0.2) is 0 Å². The summed E-state index contributed by atoms with van der Waals surface area (Å²) in [6.45, 7) is 7.50. The molecule has 0 fully saturated rings. The van der Waals surface area contributed by atoms with Crippen LogP contribution in [0.3, 0.4) is 0 Å². The van der Waals surface area contributed by atoms with Gasteiger partial charge in [-0.05, 0) is 44.4 Å². The molecule has 1 rings (SSSR count). The molecular formula is C18H26O4. The predicted octanol–water partition coefficient (Wildman–Crippen LogP) is 3.91. The van der Waals surface area contributed by atoms with Gasteiger partial charge < -0.3 is 9.47 Å². The SMILES string of the molecule is CCCCCOC(=O)C(C)(C)C(=O)Oc1cccc(CC)c1. The Morgan fingerprint density at radius 3 is 2.45 bits per heavy atom. The van der Waals surface area contributed by atoms with Crippen molar-refractivity contribution < 1.29 is 19.1 Å². The molecule has 22 heavy (non-hydrogen) atoms. The van der Waals surface area contributed by atoms with Crippen LogP contribution in [-0.2, 0) is 20.7 Å². The Morgan fingerprint density at radius 1 is 1.09 bits per heavy atom. The van der Waals surface area contributed by atoms with E-state index in [2.05, 4.69) is 6.92 Å². The van der Waals surface area contributed by atoms with Crippen molar-refractivity contribution >= 4 is 11.9 Å². The summed E-state index contributed by atoms with van der Waals surface area (Å²) in [5.41, 5.74) is -0.237. The minimum atomic E-state index is -1.31. The molecule has 0 atom stereocenters. The van der Waals surface area contributed by atoms with E-state index in [0.717, 1.165) is 31.2 Å². The fourth-order valence-corrected chi connectivity index (χ4v) is 1.84. The number of rotatable bonds is 8. The molecule has 0 heterocycles. The number of unbranched alkanes of at least 4 members (excludes halogenated alkanes) is 2. The first-order valence-corrected chi connectivity index (χ1v) is 7.90. The summed E-state index contributed by atoms with van der Waals surface area (Å²) in [5.74, 6) is -0.683. The van der Waals surface area contributed by atoms with Gasteiger partial charge in [-0.1, -0.05) is 38.8 Å². The molecule has 0 radical (unpaired) electrons. The van der Waals surface area contributed by atoms with Gasteiger partial charge in [-0.2, -0.15) is 0 Å². The summed E-state index contributed by atoms with van der Waals surface area (Å²) in [6.07, 6.45) is 3.72. The first kappa shape index (κ1) is 18.2. The van der Waals surface area contributed by atoms with Gasteiger partial charge >= 0.3 is 11.9 Å². The minimum Gasteiger partial charge on any atom is -0.465 e. The highest BCUT2D eigenvalue weighted by Crippen LogP contribution is 2.23. The van der Waals surface area contributed by atoms with Crippen LogP contribution in [0.25, 0.3) is 0 Å². The second-order valence-electron chi connectivity index (χ2n) is 5.86. The zero-order chi connectivity index (χ0) is 16.6. The largest absolute Gasteiger partial charge is 0.465 e. The Hall–Kier alpha value is -1.84. The number of carbonyl (C=O) groups is 2. The Balaban J connectivity index is 2.62. The van der Waals surface area contributed by atoms with E-state index >= 15 is 0 Å². The summed E-state index contributed by atoms with van der Waals surface area (Å²) in [6, 6.07) is 7.31. The molecule has 0 aliphatic carbocycles. The monoisotopic (exact) mass is 306 g/mol. The maximum Gasteiger partial charge on any atom is 0.328 e. The van der Waals surface area contributed by atoms with Crippen molar-refractivity contribution in [2.75, 3.05) is 6.61 Å². The maximum absolute atomic E-state index is 12.2. The third kappa shape index (κ3) is 5.17. The van der Waals surface area contributed by atoms with Gasteiger partial charge in [-0.3, -0.25) is 9.59 Å². The van der Waals surface area contributed by atoms with E-state index in [1.54, 1.807) is 12.1 Å². The summed E-state index contributed by atoms with van der Waals surface area (Å²) in [4.78, 5) is 24.3. The lowest BCUT2D eigenvalue weighted by Gasteiger charge is -2.20. The highest BCUT2D eigenvalue weighted by atomic mass is 16.6. The lowest BCUT2D eigenvalue weighted by molar-refractivity contribution is -0.164. The quantitative estimate of drug-likeness (QED) is 0.316. The molecule has 4 heteroatoms. The smallest absolute Gasteiger partial charge is 0.328 e. The molecule has 0 aromatic heterocycles. The van der Waals surface area contributed by atoms with E-state index in [1.165, 1.54) is 13.8 Å². The first-order chi connectivity index (χ1) is 10.4. The van der Waals surface area contributed by atoms with E-state index in [4.69, 9.17) is 9.47 Å². The van der Waals surface area contributed by atoms with Gasteiger partial charge in [0.15, 0.2) is 5.41 Å². The number of hydrogen-bond donors (Lipinski definition) is 0. The van der Waals surface area contributed by atoms with Gasteiger partial charge in [0.1, 0.15) is 5.75 Å². The maximum atomic E-state index is 12.2. The molecule has 0 saturated heterocycles. The number of benzene rings is 1. The number of esters is 2. The van der Waals surface area contributed by atoms with Crippen molar-refractivity contribution in [2.45, 2.75) is 53.4 Å². The lowest BCUT2D eigenvalue weighted by Crippen LogP contribution is -2.38. The Bertz CT molecular complexity index is 506. The molecule has 0 N–H and O–H groups in total. The predicted molar refractivity (Wildman–Crippen MR) is 85.7 cm³/mol. The van der Waals surface area contributed by atoms with E-state index in [9.17, 15) is 9.59 Å². The van der Waals surface area contributed by atoms with Crippen LogP contribution in [0.1, 0.15) is 52.5 Å². The molecule has 1 aromatic carbocycles.